The Morgan fingerprint density at radius 2 is 1.76 bits per heavy atom. The predicted octanol–water partition coefficient (Wildman–Crippen LogP) is 3.99. The lowest BCUT2D eigenvalue weighted by atomic mass is 10.1. The number of ether oxygens (including phenoxy) is 1. The van der Waals surface area contributed by atoms with Crippen molar-refractivity contribution >= 4 is 41.4 Å². The number of rotatable bonds is 10. The van der Waals surface area contributed by atoms with Gasteiger partial charge in [0.2, 0.25) is 5.91 Å². The van der Waals surface area contributed by atoms with Crippen LogP contribution < -0.4 is 10.1 Å². The van der Waals surface area contributed by atoms with Crippen molar-refractivity contribution < 1.29 is 34.1 Å². The Morgan fingerprint density at radius 3 is 2.41 bits per heavy atom. The second-order valence-electron chi connectivity index (χ2n) is 7.15. The van der Waals surface area contributed by atoms with Crippen molar-refractivity contribution in [3.63, 3.8) is 0 Å². The minimum absolute atomic E-state index is 0.105. The van der Waals surface area contributed by atoms with Crippen molar-refractivity contribution in [3.05, 3.63) is 83.4 Å². The molecule has 174 valence electrons. The highest BCUT2D eigenvalue weighted by atomic mass is 32.2. The standard InChI is InChI=1S/C25H21NO7S/c1-33-18-8-5-15(6-9-18)21(28)13-24(30)26-17-7-10-23(20(12-17)22(29)14-27)34-19-4-2-3-16(11-19)25(31)32/h2-12,14,22,29H,13H2,1H3,(H,26,30)(H,31,32). The summed E-state index contributed by atoms with van der Waals surface area (Å²) in [6, 6.07) is 17.2. The van der Waals surface area contributed by atoms with Gasteiger partial charge in [0, 0.05) is 26.6 Å². The molecule has 0 saturated heterocycles. The number of nitrogens with one attached hydrogen (secondary N) is 1. The van der Waals surface area contributed by atoms with Crippen molar-refractivity contribution in [1.29, 1.82) is 0 Å². The normalized spacial score (nSPS) is 11.4. The first-order valence-electron chi connectivity index (χ1n) is 10.1. The molecule has 0 aromatic heterocycles. The Hall–Kier alpha value is -3.95. The molecule has 0 radical (unpaired) electrons. The third kappa shape index (κ3) is 6.31. The number of methoxy groups -OCH3 is 1. The highest BCUT2D eigenvalue weighted by molar-refractivity contribution is 7.99. The molecule has 0 spiro atoms. The molecule has 0 aliphatic rings. The molecule has 3 aromatic rings. The van der Waals surface area contributed by atoms with Crippen molar-refractivity contribution in [1.82, 2.24) is 0 Å². The molecule has 0 fully saturated rings. The van der Waals surface area contributed by atoms with Crippen molar-refractivity contribution in [3.8, 4) is 5.75 Å². The number of aromatic carboxylic acids is 1. The first kappa shape index (κ1) is 24.7. The number of carboxylic acids is 1. The molecular weight excluding hydrogens is 458 g/mol. The van der Waals surface area contributed by atoms with E-state index in [1.165, 1.54) is 37.1 Å². The van der Waals surface area contributed by atoms with E-state index in [2.05, 4.69) is 5.32 Å². The van der Waals surface area contributed by atoms with Crippen LogP contribution in [0.15, 0.2) is 76.5 Å². The summed E-state index contributed by atoms with van der Waals surface area (Å²) in [6.07, 6.45) is -1.50. The smallest absolute Gasteiger partial charge is 0.335 e. The maximum absolute atomic E-state index is 12.4. The average molecular weight is 480 g/mol. The lowest BCUT2D eigenvalue weighted by Crippen LogP contribution is -2.17. The lowest BCUT2D eigenvalue weighted by molar-refractivity contribution is -0.115. The van der Waals surface area contributed by atoms with E-state index in [9.17, 15) is 24.3 Å². The number of hydrogen-bond acceptors (Lipinski definition) is 7. The Labute approximate surface area is 199 Å². The van der Waals surface area contributed by atoms with Gasteiger partial charge in [-0.2, -0.15) is 0 Å². The van der Waals surface area contributed by atoms with Gasteiger partial charge in [-0.05, 0) is 60.7 Å². The van der Waals surface area contributed by atoms with E-state index in [1.807, 2.05) is 0 Å². The summed E-state index contributed by atoms with van der Waals surface area (Å²) in [7, 11) is 1.51. The number of ketones is 1. The molecule has 34 heavy (non-hydrogen) atoms. The molecule has 0 aliphatic heterocycles. The van der Waals surface area contributed by atoms with Crippen LogP contribution in [0.3, 0.4) is 0 Å². The third-order valence-electron chi connectivity index (χ3n) is 4.78. The van der Waals surface area contributed by atoms with Crippen LogP contribution in [-0.4, -0.2) is 41.3 Å². The van der Waals surface area contributed by atoms with Gasteiger partial charge >= 0.3 is 5.97 Å². The Bertz CT molecular complexity index is 1220. The zero-order chi connectivity index (χ0) is 24.7. The number of aliphatic hydroxyl groups is 1. The zero-order valence-corrected chi connectivity index (χ0v) is 18.9. The van der Waals surface area contributed by atoms with Gasteiger partial charge in [0.15, 0.2) is 12.1 Å². The molecule has 3 N–H and O–H groups in total. The number of aliphatic hydroxyl groups excluding tert-OH is 1. The number of carbonyl (C=O) groups excluding carboxylic acids is 3. The number of carboxylic acid groups (broad SMARTS) is 1. The summed E-state index contributed by atoms with van der Waals surface area (Å²) in [6.45, 7) is 0. The van der Waals surface area contributed by atoms with Crippen LogP contribution in [0, 0.1) is 0 Å². The zero-order valence-electron chi connectivity index (χ0n) is 18.1. The van der Waals surface area contributed by atoms with E-state index < -0.39 is 24.4 Å². The maximum Gasteiger partial charge on any atom is 0.335 e. The van der Waals surface area contributed by atoms with E-state index in [4.69, 9.17) is 9.84 Å². The molecule has 1 unspecified atom stereocenters. The second kappa shape index (κ2) is 11.3. The van der Waals surface area contributed by atoms with Crippen molar-refractivity contribution in [2.24, 2.45) is 0 Å². The molecule has 3 aromatic carbocycles. The van der Waals surface area contributed by atoms with Gasteiger partial charge in [-0.15, -0.1) is 0 Å². The number of anilines is 1. The number of Topliss-reactive ketones (excluding diaryl/α,β-unsaturated/α-hetero) is 1. The number of benzene rings is 3. The number of carbonyl (C=O) groups is 4. The van der Waals surface area contributed by atoms with Crippen LogP contribution in [0.2, 0.25) is 0 Å². The summed E-state index contributed by atoms with van der Waals surface area (Å²) < 4.78 is 5.05. The molecule has 0 heterocycles. The fraction of sp³-hybridized carbons (Fsp3) is 0.120. The van der Waals surface area contributed by atoms with Gasteiger partial charge in [-0.3, -0.25) is 9.59 Å². The van der Waals surface area contributed by atoms with Gasteiger partial charge in [0.25, 0.3) is 0 Å². The van der Waals surface area contributed by atoms with E-state index in [0.717, 1.165) is 0 Å². The summed E-state index contributed by atoms with van der Waals surface area (Å²) in [5, 5.41) is 21.9. The SMILES string of the molecule is COc1ccc(C(=O)CC(=O)Nc2ccc(Sc3cccc(C(=O)O)c3)c(C(O)C=O)c2)cc1. The molecule has 3 rings (SSSR count). The highest BCUT2D eigenvalue weighted by Crippen LogP contribution is 2.35. The van der Waals surface area contributed by atoms with Crippen molar-refractivity contribution in [2.45, 2.75) is 22.3 Å². The molecule has 0 saturated carbocycles. The van der Waals surface area contributed by atoms with Crippen molar-refractivity contribution in [2.75, 3.05) is 12.4 Å². The Kier molecular flexibility index (Phi) is 8.18. The van der Waals surface area contributed by atoms with Gasteiger partial charge in [-0.25, -0.2) is 4.79 Å². The minimum Gasteiger partial charge on any atom is -0.497 e. The molecule has 9 heteroatoms. The summed E-state index contributed by atoms with van der Waals surface area (Å²) >= 11 is 1.17. The third-order valence-corrected chi connectivity index (χ3v) is 5.86. The largest absolute Gasteiger partial charge is 0.497 e. The van der Waals surface area contributed by atoms with Gasteiger partial charge in [0.05, 0.1) is 19.1 Å². The highest BCUT2D eigenvalue weighted by Gasteiger charge is 2.17. The first-order valence-corrected chi connectivity index (χ1v) is 10.9. The molecule has 1 amide bonds. The molecular formula is C25H21NO7S. The monoisotopic (exact) mass is 479 g/mol. The Morgan fingerprint density at radius 1 is 1.03 bits per heavy atom. The lowest BCUT2D eigenvalue weighted by Gasteiger charge is -2.14. The molecule has 1 atom stereocenters. The molecule has 0 bridgehead atoms. The second-order valence-corrected chi connectivity index (χ2v) is 8.26. The topological polar surface area (TPSA) is 130 Å². The number of aldehydes is 1. The molecule has 8 nitrogen and oxygen atoms in total. The van der Waals surface area contributed by atoms with E-state index in [1.54, 1.807) is 48.5 Å². The van der Waals surface area contributed by atoms with Gasteiger partial charge < -0.3 is 25.1 Å². The maximum atomic E-state index is 12.4. The van der Waals surface area contributed by atoms with E-state index in [-0.39, 0.29) is 16.9 Å². The van der Waals surface area contributed by atoms with Crippen LogP contribution in [0.1, 0.15) is 38.8 Å². The summed E-state index contributed by atoms with van der Waals surface area (Å²) in [5.74, 6) is -1.41. The van der Waals surface area contributed by atoms with Crippen LogP contribution >= 0.6 is 11.8 Å². The van der Waals surface area contributed by atoms with E-state index in [0.29, 0.717) is 33.1 Å². The quantitative estimate of drug-likeness (QED) is 0.226. The summed E-state index contributed by atoms with van der Waals surface area (Å²) in [5.41, 5.74) is 1.00. The Balaban J connectivity index is 1.75. The fourth-order valence-electron chi connectivity index (χ4n) is 3.07. The fourth-order valence-corrected chi connectivity index (χ4v) is 4.09. The van der Waals surface area contributed by atoms with E-state index >= 15 is 0 Å². The number of amides is 1. The van der Waals surface area contributed by atoms with Gasteiger partial charge in [-0.1, -0.05) is 17.8 Å². The minimum atomic E-state index is -1.46. The number of hydrogen-bond donors (Lipinski definition) is 3. The predicted molar refractivity (Wildman–Crippen MR) is 126 cm³/mol. The first-order chi connectivity index (χ1) is 16.3. The van der Waals surface area contributed by atoms with Crippen LogP contribution in [0.4, 0.5) is 5.69 Å². The summed E-state index contributed by atoms with van der Waals surface area (Å²) in [4.78, 5) is 48.3. The van der Waals surface area contributed by atoms with Crippen LogP contribution in [0.25, 0.3) is 0 Å². The average Bonchev–Trinajstić information content (AvgIpc) is 2.84. The van der Waals surface area contributed by atoms with Crippen LogP contribution in [0.5, 0.6) is 5.75 Å². The molecule has 0 aliphatic carbocycles. The van der Waals surface area contributed by atoms with Gasteiger partial charge in [0.1, 0.15) is 11.9 Å². The van der Waals surface area contributed by atoms with Crippen LogP contribution in [-0.2, 0) is 9.59 Å².